The summed E-state index contributed by atoms with van der Waals surface area (Å²) in [6.07, 6.45) is 5.61. The van der Waals surface area contributed by atoms with Crippen LogP contribution in [0, 0.1) is 0 Å². The highest BCUT2D eigenvalue weighted by atomic mass is 32.2. The van der Waals surface area contributed by atoms with E-state index in [2.05, 4.69) is 154 Å². The Labute approximate surface area is 436 Å². The Balaban J connectivity index is 0.000000302. The first-order valence-electron chi connectivity index (χ1n) is 22.2. The summed E-state index contributed by atoms with van der Waals surface area (Å²) in [5.41, 5.74) is -11.9. The molecular weight excluding hydrogens is 1050 g/mol. The van der Waals surface area contributed by atoms with Crippen molar-refractivity contribution in [3.05, 3.63) is 146 Å². The molecule has 0 saturated carbocycles. The molecule has 0 unspecified atom stereocenters. The first-order chi connectivity index (χ1) is 33.7. The van der Waals surface area contributed by atoms with Gasteiger partial charge in [0.25, 0.3) is 5.03 Å². The molecule has 0 aliphatic heterocycles. The lowest BCUT2D eigenvalue weighted by molar-refractivity contribution is -0.0514. The van der Waals surface area contributed by atoms with Crippen LogP contribution in [0.5, 0.6) is 23.0 Å². The smallest absolute Gasteiger partial charge is 0.488 e. The molecule has 2 heterocycles. The molecule has 0 bridgehead atoms. The van der Waals surface area contributed by atoms with E-state index in [1.54, 1.807) is 0 Å². The molecule has 4 aromatic carbocycles. The van der Waals surface area contributed by atoms with Crippen molar-refractivity contribution in [3.63, 3.8) is 0 Å². The maximum Gasteiger partial charge on any atom is 0.522 e. The SMILES string of the molecule is CC(C)(C)Oc1ccc([S+](c2ccc(OC(C)(C)C)cc2)c2ccccn2)cc1.CC(C)(C)Oc1ccc([S+](c2ccc(OC(C)(C)C)cc2)c2cccnc2)cc1.O=S(=O)(O)C(F)(F)F.O=S(=O)(O)C(F)(F)F. The molecule has 2 aromatic heterocycles. The van der Waals surface area contributed by atoms with Crippen molar-refractivity contribution in [1.82, 2.24) is 9.97 Å². The van der Waals surface area contributed by atoms with Crippen LogP contribution in [0.4, 0.5) is 26.3 Å². The predicted octanol–water partition coefficient (Wildman–Crippen LogP) is 13.9. The van der Waals surface area contributed by atoms with Crippen LogP contribution in [0.15, 0.2) is 175 Å². The maximum absolute atomic E-state index is 10.7. The van der Waals surface area contributed by atoms with Gasteiger partial charge < -0.3 is 18.9 Å². The summed E-state index contributed by atoms with van der Waals surface area (Å²) in [5, 5.41) is 1.04. The lowest BCUT2D eigenvalue weighted by Crippen LogP contribution is -2.23. The maximum atomic E-state index is 10.7. The van der Waals surface area contributed by atoms with Gasteiger partial charge in [0.1, 0.15) is 67.2 Å². The third-order valence-electron chi connectivity index (χ3n) is 8.24. The first-order valence-corrected chi connectivity index (χ1v) is 27.6. The van der Waals surface area contributed by atoms with Crippen molar-refractivity contribution in [2.24, 2.45) is 0 Å². The van der Waals surface area contributed by atoms with Gasteiger partial charge in [0, 0.05) is 18.5 Å². The van der Waals surface area contributed by atoms with E-state index in [0.29, 0.717) is 0 Å². The summed E-state index contributed by atoms with van der Waals surface area (Å²) in [6.45, 7) is 24.7. The fourth-order valence-electron chi connectivity index (χ4n) is 5.71. The molecular formula is C52H62F6N2O10S4+2. The number of rotatable bonds is 10. The second-order valence-electron chi connectivity index (χ2n) is 19.6. The van der Waals surface area contributed by atoms with Crippen LogP contribution in [-0.4, -0.2) is 69.3 Å². The van der Waals surface area contributed by atoms with E-state index in [1.807, 2.05) is 85.3 Å². The summed E-state index contributed by atoms with van der Waals surface area (Å²) in [5.74, 6) is 3.51. The number of hydrogen-bond donors (Lipinski definition) is 2. The number of aromatic nitrogens is 2. The van der Waals surface area contributed by atoms with E-state index in [1.165, 1.54) is 24.5 Å². The van der Waals surface area contributed by atoms with E-state index in [4.69, 9.17) is 44.9 Å². The van der Waals surface area contributed by atoms with Crippen LogP contribution in [0.1, 0.15) is 83.1 Å². The van der Waals surface area contributed by atoms with Crippen LogP contribution >= 0.6 is 0 Å². The molecule has 0 aliphatic rings. The van der Waals surface area contributed by atoms with E-state index in [-0.39, 0.29) is 44.2 Å². The minimum absolute atomic E-state index is 0.213. The average Bonchev–Trinajstić information content (AvgIpc) is 3.24. The molecule has 2 N–H and O–H groups in total. The molecule has 0 saturated heterocycles. The third-order valence-corrected chi connectivity index (χ3v) is 13.8. The Bertz CT molecular complexity index is 2550. The molecule has 0 radical (unpaired) electrons. The van der Waals surface area contributed by atoms with Crippen LogP contribution in [0.25, 0.3) is 0 Å². The van der Waals surface area contributed by atoms with Gasteiger partial charge >= 0.3 is 31.3 Å². The van der Waals surface area contributed by atoms with Crippen molar-refractivity contribution in [2.75, 3.05) is 0 Å². The van der Waals surface area contributed by atoms with Gasteiger partial charge in [0.15, 0.2) is 24.5 Å². The molecule has 0 aliphatic carbocycles. The summed E-state index contributed by atoms with van der Waals surface area (Å²) < 4.78 is 139. The molecule has 6 rings (SSSR count). The number of nitrogens with zero attached hydrogens (tertiary/aromatic N) is 2. The first kappa shape index (κ1) is 62.8. The fraction of sp³-hybridized carbons (Fsp3) is 0.346. The number of alkyl halides is 6. The number of hydrogen-bond acceptors (Lipinski definition) is 10. The Kier molecular flexibility index (Phi) is 21.5. The molecule has 22 heteroatoms. The normalized spacial score (nSPS) is 12.5. The van der Waals surface area contributed by atoms with Crippen molar-refractivity contribution in [3.8, 4) is 23.0 Å². The van der Waals surface area contributed by atoms with Gasteiger partial charge in [0.2, 0.25) is 0 Å². The number of pyridine rings is 2. The van der Waals surface area contributed by atoms with Gasteiger partial charge in [-0.15, -0.1) is 0 Å². The Morgan fingerprint density at radius 2 is 0.676 bits per heavy atom. The molecule has 6 aromatic rings. The second-order valence-corrected chi connectivity index (χ2v) is 26.4. The third kappa shape index (κ3) is 22.5. The minimum Gasteiger partial charge on any atom is -0.488 e. The molecule has 404 valence electrons. The van der Waals surface area contributed by atoms with Crippen molar-refractivity contribution in [1.29, 1.82) is 0 Å². The summed E-state index contributed by atoms with van der Waals surface area (Å²) in [7, 11) is -12.2. The topological polar surface area (TPSA) is 171 Å². The lowest BCUT2D eigenvalue weighted by Gasteiger charge is -2.21. The van der Waals surface area contributed by atoms with Gasteiger partial charge in [-0.05, 0) is 198 Å². The van der Waals surface area contributed by atoms with E-state index < -0.39 is 31.3 Å². The number of ether oxygens (including phenoxy) is 4. The number of halogens is 6. The highest BCUT2D eigenvalue weighted by Gasteiger charge is 2.45. The summed E-state index contributed by atoms with van der Waals surface area (Å²) in [4.78, 5) is 15.0. The van der Waals surface area contributed by atoms with E-state index in [0.717, 1.165) is 28.0 Å². The zero-order chi connectivity index (χ0) is 56.1. The largest absolute Gasteiger partial charge is 0.522 e. The highest BCUT2D eigenvalue weighted by molar-refractivity contribution is 7.97. The van der Waals surface area contributed by atoms with Crippen LogP contribution in [0.3, 0.4) is 0 Å². The van der Waals surface area contributed by atoms with E-state index in [9.17, 15) is 26.3 Å². The van der Waals surface area contributed by atoms with Gasteiger partial charge in [-0.2, -0.15) is 43.2 Å². The zero-order valence-electron chi connectivity index (χ0n) is 42.8. The van der Waals surface area contributed by atoms with Gasteiger partial charge in [-0.3, -0.25) is 14.1 Å². The number of benzene rings is 4. The molecule has 0 fully saturated rings. The molecule has 0 spiro atoms. The van der Waals surface area contributed by atoms with Crippen LogP contribution in [0.2, 0.25) is 0 Å². The van der Waals surface area contributed by atoms with E-state index >= 15 is 0 Å². The summed E-state index contributed by atoms with van der Waals surface area (Å²) in [6, 6.07) is 43.7. The highest BCUT2D eigenvalue weighted by Crippen LogP contribution is 2.35. The van der Waals surface area contributed by atoms with Gasteiger partial charge in [0.05, 0.1) is 6.20 Å². The average molecular weight is 1120 g/mol. The van der Waals surface area contributed by atoms with Crippen molar-refractivity contribution < 1.29 is 71.2 Å². The fourth-order valence-corrected chi connectivity index (χ4v) is 9.68. The quantitative estimate of drug-likeness (QED) is 0.0576. The van der Waals surface area contributed by atoms with Gasteiger partial charge in [-0.25, -0.2) is 4.98 Å². The second kappa shape index (κ2) is 25.3. The predicted molar refractivity (Wildman–Crippen MR) is 275 cm³/mol. The van der Waals surface area contributed by atoms with Crippen LogP contribution < -0.4 is 18.9 Å². The van der Waals surface area contributed by atoms with Crippen LogP contribution in [-0.2, 0) is 42.0 Å². The summed E-state index contributed by atoms with van der Waals surface area (Å²) >= 11 is 0. The lowest BCUT2D eigenvalue weighted by atomic mass is 10.2. The monoisotopic (exact) mass is 1120 g/mol. The van der Waals surface area contributed by atoms with Gasteiger partial charge in [-0.1, -0.05) is 6.07 Å². The molecule has 74 heavy (non-hydrogen) atoms. The molecule has 12 nitrogen and oxygen atoms in total. The Morgan fingerprint density at radius 1 is 0.392 bits per heavy atom. The zero-order valence-corrected chi connectivity index (χ0v) is 46.1. The molecule has 0 amide bonds. The standard InChI is InChI=1S/2C25H30NO2S.2CHF3O3S/c1-24(2,3)27-19-9-13-21(14-10-19)29(23-8-7-17-26-18-23)22-15-11-20(12-16-22)28-25(4,5)6;1-24(2,3)27-19-10-14-21(15-11-19)29(23-9-7-8-18-26-23)22-16-12-20(13-17-22)28-25(4,5)6;2*2-1(3,4)8(5,6)7/h2*7-18H,1-6H3;2*(H,5,6,7)/q2*+1;;. The minimum atomic E-state index is -5.84. The Morgan fingerprint density at radius 3 is 0.892 bits per heavy atom. The van der Waals surface area contributed by atoms with Crippen molar-refractivity contribution >= 4 is 42.0 Å². The molecule has 0 atom stereocenters. The van der Waals surface area contributed by atoms with Crippen molar-refractivity contribution in [2.45, 2.75) is 146 Å². The Hall–Kier alpha value is -5.52.